The average molecular weight is 395 g/mol. The molecule has 3 rings (SSSR count). The number of sulfone groups is 1. The number of nitrogens with zero attached hydrogens (tertiary/aromatic N) is 1. The zero-order valence-electron chi connectivity index (χ0n) is 14.4. The van der Waals surface area contributed by atoms with Gasteiger partial charge in [0.15, 0.2) is 9.84 Å². The first kappa shape index (κ1) is 20.4. The Morgan fingerprint density at radius 2 is 1.69 bits per heavy atom. The van der Waals surface area contributed by atoms with E-state index >= 15 is 0 Å². The van der Waals surface area contributed by atoms with E-state index in [1.807, 2.05) is 18.2 Å². The van der Waals surface area contributed by atoms with Gasteiger partial charge in [-0.3, -0.25) is 4.79 Å². The molecule has 7 heteroatoms. The van der Waals surface area contributed by atoms with Crippen LogP contribution in [0, 0.1) is 0 Å². The molecule has 2 aromatic rings. The summed E-state index contributed by atoms with van der Waals surface area (Å²) in [6, 6.07) is 15.5. The molecule has 1 saturated heterocycles. The summed E-state index contributed by atoms with van der Waals surface area (Å²) in [6.45, 7) is 1.22. The molecule has 1 amide bonds. The van der Waals surface area contributed by atoms with E-state index in [9.17, 15) is 13.2 Å². The molecule has 0 atom stereocenters. The summed E-state index contributed by atoms with van der Waals surface area (Å²) < 4.78 is 25.3. The monoisotopic (exact) mass is 394 g/mol. The zero-order valence-corrected chi connectivity index (χ0v) is 16.0. The van der Waals surface area contributed by atoms with E-state index in [0.717, 1.165) is 18.4 Å². The maximum atomic E-state index is 12.7. The number of halogens is 1. The van der Waals surface area contributed by atoms with Crippen LogP contribution in [0.25, 0.3) is 0 Å². The second-order valence-electron chi connectivity index (χ2n) is 6.40. The number of hydrogen-bond acceptors (Lipinski definition) is 4. The first-order valence-corrected chi connectivity index (χ1v) is 10.0. The van der Waals surface area contributed by atoms with Crippen molar-refractivity contribution in [2.45, 2.75) is 29.5 Å². The maximum Gasteiger partial charge on any atom is 0.253 e. The van der Waals surface area contributed by atoms with Gasteiger partial charge >= 0.3 is 0 Å². The van der Waals surface area contributed by atoms with Gasteiger partial charge in [-0.15, -0.1) is 12.4 Å². The van der Waals surface area contributed by atoms with Crippen molar-refractivity contribution in [2.24, 2.45) is 5.73 Å². The Bertz CT molecular complexity index is 848. The van der Waals surface area contributed by atoms with E-state index in [4.69, 9.17) is 5.73 Å². The van der Waals surface area contributed by atoms with Crippen LogP contribution >= 0.6 is 12.4 Å². The molecule has 0 aromatic heterocycles. The van der Waals surface area contributed by atoms with E-state index in [0.29, 0.717) is 18.7 Å². The van der Waals surface area contributed by atoms with Gasteiger partial charge in [-0.25, -0.2) is 8.42 Å². The molecule has 1 fully saturated rings. The number of hydrogen-bond donors (Lipinski definition) is 1. The third kappa shape index (κ3) is 4.84. The fraction of sp³-hybridized carbons (Fsp3) is 0.316. The molecule has 0 saturated carbocycles. The lowest BCUT2D eigenvalue weighted by Crippen LogP contribution is -2.42. The molecule has 0 spiro atoms. The number of nitrogens with two attached hydrogens (primary N) is 1. The number of carbonyl (C=O) groups excluding carboxylic acids is 1. The summed E-state index contributed by atoms with van der Waals surface area (Å²) in [4.78, 5) is 14.6. The number of rotatable bonds is 4. The van der Waals surface area contributed by atoms with Crippen LogP contribution < -0.4 is 5.73 Å². The SMILES string of the molecule is Cl.NC1CCN(C(=O)c2cccc(S(=O)(=O)Cc3ccccc3)c2)CC1. The van der Waals surface area contributed by atoms with Gasteiger partial charge in [0.2, 0.25) is 0 Å². The molecule has 2 N–H and O–H groups in total. The van der Waals surface area contributed by atoms with Crippen LogP contribution in [-0.2, 0) is 15.6 Å². The topological polar surface area (TPSA) is 80.5 Å². The lowest BCUT2D eigenvalue weighted by atomic mass is 10.0. The minimum absolute atomic E-state index is 0. The number of benzene rings is 2. The van der Waals surface area contributed by atoms with Crippen LogP contribution in [0.5, 0.6) is 0 Å². The fourth-order valence-corrected chi connectivity index (χ4v) is 4.38. The Balaban J connectivity index is 0.00000243. The smallest absolute Gasteiger partial charge is 0.253 e. The van der Waals surface area contributed by atoms with Gasteiger partial charge in [-0.1, -0.05) is 36.4 Å². The van der Waals surface area contributed by atoms with Crippen LogP contribution in [0.2, 0.25) is 0 Å². The Morgan fingerprint density at radius 1 is 1.04 bits per heavy atom. The van der Waals surface area contributed by atoms with Gasteiger partial charge < -0.3 is 10.6 Å². The van der Waals surface area contributed by atoms with Crippen molar-refractivity contribution < 1.29 is 13.2 Å². The number of piperidine rings is 1. The predicted molar refractivity (Wildman–Crippen MR) is 104 cm³/mol. The molecule has 26 heavy (non-hydrogen) atoms. The van der Waals surface area contributed by atoms with Crippen LogP contribution in [-0.4, -0.2) is 38.4 Å². The molecule has 2 aromatic carbocycles. The molecule has 140 valence electrons. The minimum Gasteiger partial charge on any atom is -0.339 e. The van der Waals surface area contributed by atoms with Crippen molar-refractivity contribution in [1.29, 1.82) is 0 Å². The van der Waals surface area contributed by atoms with Crippen LogP contribution in [0.3, 0.4) is 0 Å². The highest BCUT2D eigenvalue weighted by atomic mass is 35.5. The molecule has 0 unspecified atom stereocenters. The second kappa shape index (κ2) is 8.66. The van der Waals surface area contributed by atoms with Crippen molar-refractivity contribution in [2.75, 3.05) is 13.1 Å². The van der Waals surface area contributed by atoms with E-state index < -0.39 is 9.84 Å². The quantitative estimate of drug-likeness (QED) is 0.864. The number of likely N-dealkylation sites (tertiary alicyclic amines) is 1. The minimum atomic E-state index is -3.50. The molecular formula is C19H23ClN2O3S. The van der Waals surface area contributed by atoms with E-state index in [1.165, 1.54) is 6.07 Å². The number of carbonyl (C=O) groups is 1. The molecule has 5 nitrogen and oxygen atoms in total. The molecule has 0 bridgehead atoms. The molecule has 1 aliphatic rings. The molecule has 1 aliphatic heterocycles. The van der Waals surface area contributed by atoms with Crippen molar-refractivity contribution in [1.82, 2.24) is 4.90 Å². The third-order valence-electron chi connectivity index (χ3n) is 4.47. The van der Waals surface area contributed by atoms with E-state index in [1.54, 1.807) is 35.2 Å². The van der Waals surface area contributed by atoms with E-state index in [-0.39, 0.29) is 35.0 Å². The van der Waals surface area contributed by atoms with Gasteiger partial charge in [0.25, 0.3) is 5.91 Å². The van der Waals surface area contributed by atoms with E-state index in [2.05, 4.69) is 0 Å². The molecule has 0 radical (unpaired) electrons. The molecular weight excluding hydrogens is 372 g/mol. The Morgan fingerprint density at radius 3 is 2.35 bits per heavy atom. The third-order valence-corrected chi connectivity index (χ3v) is 6.15. The Kier molecular flexibility index (Phi) is 6.81. The summed E-state index contributed by atoms with van der Waals surface area (Å²) in [5.74, 6) is -0.215. The van der Waals surface area contributed by atoms with Crippen LogP contribution in [0.1, 0.15) is 28.8 Å². The molecule has 0 aliphatic carbocycles. The highest BCUT2D eigenvalue weighted by molar-refractivity contribution is 7.90. The summed E-state index contributed by atoms with van der Waals surface area (Å²) in [5.41, 5.74) is 7.01. The van der Waals surface area contributed by atoms with Crippen LogP contribution in [0.15, 0.2) is 59.5 Å². The summed E-state index contributed by atoms with van der Waals surface area (Å²) in [6.07, 6.45) is 1.55. The Labute approximate surface area is 160 Å². The molecule has 1 heterocycles. The van der Waals surface area contributed by atoms with Crippen molar-refractivity contribution in [3.05, 3.63) is 65.7 Å². The van der Waals surface area contributed by atoms with Crippen molar-refractivity contribution in [3.63, 3.8) is 0 Å². The van der Waals surface area contributed by atoms with Gasteiger partial charge in [-0.05, 0) is 36.6 Å². The highest BCUT2D eigenvalue weighted by Crippen LogP contribution is 2.20. The first-order valence-electron chi connectivity index (χ1n) is 8.37. The predicted octanol–water partition coefficient (Wildman–Crippen LogP) is 2.65. The van der Waals surface area contributed by atoms with Crippen molar-refractivity contribution in [3.8, 4) is 0 Å². The average Bonchev–Trinajstić information content (AvgIpc) is 2.62. The van der Waals surface area contributed by atoms with Gasteiger partial charge in [0.05, 0.1) is 10.6 Å². The lowest BCUT2D eigenvalue weighted by molar-refractivity contribution is 0.0714. The standard InChI is InChI=1S/C19H22N2O3S.ClH/c20-17-9-11-21(12-10-17)19(22)16-7-4-8-18(13-16)25(23,24)14-15-5-2-1-3-6-15;/h1-8,13,17H,9-12,14,20H2;1H. The number of amides is 1. The van der Waals surface area contributed by atoms with Gasteiger partial charge in [0.1, 0.15) is 0 Å². The van der Waals surface area contributed by atoms with Crippen LogP contribution in [0.4, 0.5) is 0 Å². The Hall–Kier alpha value is -1.89. The maximum absolute atomic E-state index is 12.7. The van der Waals surface area contributed by atoms with Gasteiger partial charge in [0, 0.05) is 24.7 Å². The summed E-state index contributed by atoms with van der Waals surface area (Å²) >= 11 is 0. The zero-order chi connectivity index (χ0) is 17.9. The second-order valence-corrected chi connectivity index (χ2v) is 8.39. The summed E-state index contributed by atoms with van der Waals surface area (Å²) in [7, 11) is -3.50. The van der Waals surface area contributed by atoms with Gasteiger partial charge in [-0.2, -0.15) is 0 Å². The first-order chi connectivity index (χ1) is 12.0. The highest BCUT2D eigenvalue weighted by Gasteiger charge is 2.23. The largest absolute Gasteiger partial charge is 0.339 e. The van der Waals surface area contributed by atoms with Crippen molar-refractivity contribution >= 4 is 28.2 Å². The summed E-state index contributed by atoms with van der Waals surface area (Å²) in [5, 5.41) is 0. The fourth-order valence-electron chi connectivity index (χ4n) is 2.98. The normalized spacial score (nSPS) is 15.3. The lowest BCUT2D eigenvalue weighted by Gasteiger charge is -2.30.